The van der Waals surface area contributed by atoms with Gasteiger partial charge in [0.05, 0.1) is 18.8 Å². The topological polar surface area (TPSA) is 150 Å². The van der Waals surface area contributed by atoms with E-state index in [0.717, 1.165) is 4.47 Å². The fourth-order valence-corrected chi connectivity index (χ4v) is 3.06. The standard InChI is InChI=1S/C9H10BrNO4.C9H12BrNO2/c10-8-3-1-2-7(4-8)9(5-12,6-13)11(14)15;10-8-3-1-2-7(4-8)9(11,5-12)6-13/h1-4,12-13H,5-6H2;1-4,12-13H,5-6,11H2. The summed E-state index contributed by atoms with van der Waals surface area (Å²) in [5, 5.41) is 47.1. The van der Waals surface area contributed by atoms with Gasteiger partial charge in [0.15, 0.2) is 0 Å². The molecule has 0 amide bonds. The predicted molar refractivity (Wildman–Crippen MR) is 111 cm³/mol. The van der Waals surface area contributed by atoms with Crippen molar-refractivity contribution in [3.05, 3.63) is 78.7 Å². The molecular weight excluding hydrogens is 500 g/mol. The van der Waals surface area contributed by atoms with Crippen LogP contribution in [0.1, 0.15) is 11.1 Å². The van der Waals surface area contributed by atoms with Crippen LogP contribution in [-0.2, 0) is 11.1 Å². The summed E-state index contributed by atoms with van der Waals surface area (Å²) in [4.78, 5) is 10.2. The Bertz CT molecular complexity index is 782. The first-order valence-corrected chi connectivity index (χ1v) is 9.66. The fraction of sp³-hybridized carbons (Fsp3) is 0.333. The van der Waals surface area contributed by atoms with Crippen LogP contribution in [0.15, 0.2) is 57.5 Å². The van der Waals surface area contributed by atoms with Crippen molar-refractivity contribution in [3.8, 4) is 0 Å². The maximum absolute atomic E-state index is 10.9. The molecule has 2 rings (SSSR count). The van der Waals surface area contributed by atoms with Gasteiger partial charge in [-0.05, 0) is 29.8 Å². The minimum Gasteiger partial charge on any atom is -0.394 e. The second-order valence-electron chi connectivity index (χ2n) is 6.10. The Labute approximate surface area is 179 Å². The number of rotatable bonds is 7. The van der Waals surface area contributed by atoms with Gasteiger partial charge < -0.3 is 26.2 Å². The summed E-state index contributed by atoms with van der Waals surface area (Å²) in [6.07, 6.45) is 0. The zero-order valence-electron chi connectivity index (χ0n) is 14.8. The Morgan fingerprint density at radius 3 is 1.64 bits per heavy atom. The number of benzene rings is 2. The summed E-state index contributed by atoms with van der Waals surface area (Å²) >= 11 is 6.47. The van der Waals surface area contributed by atoms with Gasteiger partial charge in [-0.25, -0.2) is 0 Å². The summed E-state index contributed by atoms with van der Waals surface area (Å²) in [6.45, 7) is -2.04. The average molecular weight is 522 g/mol. The lowest BCUT2D eigenvalue weighted by molar-refractivity contribution is -0.586. The zero-order valence-corrected chi connectivity index (χ0v) is 18.0. The van der Waals surface area contributed by atoms with Gasteiger partial charge in [0, 0.05) is 19.4 Å². The van der Waals surface area contributed by atoms with E-state index in [-0.39, 0.29) is 18.8 Å². The highest BCUT2D eigenvalue weighted by atomic mass is 79.9. The van der Waals surface area contributed by atoms with Crippen LogP contribution in [-0.4, -0.2) is 51.8 Å². The highest BCUT2D eigenvalue weighted by Gasteiger charge is 2.44. The smallest absolute Gasteiger partial charge is 0.292 e. The van der Waals surface area contributed by atoms with Crippen LogP contribution in [0, 0.1) is 10.1 Å². The number of nitro groups is 1. The van der Waals surface area contributed by atoms with E-state index in [2.05, 4.69) is 31.9 Å². The molecule has 0 spiro atoms. The minimum absolute atomic E-state index is 0.270. The second-order valence-corrected chi connectivity index (χ2v) is 7.93. The Kier molecular flexibility index (Phi) is 9.64. The van der Waals surface area contributed by atoms with Gasteiger partial charge in [-0.15, -0.1) is 0 Å². The highest BCUT2D eigenvalue weighted by molar-refractivity contribution is 9.10. The third-order valence-corrected chi connectivity index (χ3v) is 5.18. The van der Waals surface area contributed by atoms with Crippen molar-refractivity contribution in [2.45, 2.75) is 11.1 Å². The number of aliphatic hydroxyl groups excluding tert-OH is 4. The van der Waals surface area contributed by atoms with Gasteiger partial charge in [0.25, 0.3) is 5.54 Å². The average Bonchev–Trinajstić information content (AvgIpc) is 2.69. The first-order chi connectivity index (χ1) is 13.2. The largest absolute Gasteiger partial charge is 0.394 e. The van der Waals surface area contributed by atoms with E-state index in [1.54, 1.807) is 24.3 Å². The molecule has 0 fully saturated rings. The quantitative estimate of drug-likeness (QED) is 0.273. The number of halogens is 2. The molecule has 0 saturated heterocycles. The van der Waals surface area contributed by atoms with Gasteiger partial charge in [0.1, 0.15) is 13.2 Å². The number of aliphatic hydroxyl groups is 4. The summed E-state index contributed by atoms with van der Waals surface area (Å²) in [6, 6.07) is 13.6. The molecule has 0 atom stereocenters. The molecule has 0 radical (unpaired) electrons. The van der Waals surface area contributed by atoms with E-state index in [0.29, 0.717) is 10.0 Å². The van der Waals surface area contributed by atoms with Crippen LogP contribution in [0.3, 0.4) is 0 Å². The van der Waals surface area contributed by atoms with E-state index in [9.17, 15) is 10.1 Å². The Morgan fingerprint density at radius 2 is 1.29 bits per heavy atom. The van der Waals surface area contributed by atoms with Crippen molar-refractivity contribution in [2.75, 3.05) is 26.4 Å². The van der Waals surface area contributed by atoms with Crippen LogP contribution in [0.2, 0.25) is 0 Å². The molecular formula is C18H22Br2N2O6. The van der Waals surface area contributed by atoms with Gasteiger partial charge in [0.2, 0.25) is 0 Å². The normalized spacial score (nSPS) is 11.5. The van der Waals surface area contributed by atoms with Crippen molar-refractivity contribution in [1.82, 2.24) is 0 Å². The Hall–Kier alpha value is -1.40. The van der Waals surface area contributed by atoms with Crippen molar-refractivity contribution >= 4 is 31.9 Å². The molecule has 6 N–H and O–H groups in total. The van der Waals surface area contributed by atoms with Crippen molar-refractivity contribution in [1.29, 1.82) is 0 Å². The van der Waals surface area contributed by atoms with Crippen LogP contribution in [0.4, 0.5) is 0 Å². The van der Waals surface area contributed by atoms with Crippen LogP contribution in [0.5, 0.6) is 0 Å². The maximum Gasteiger partial charge on any atom is 0.292 e. The molecule has 28 heavy (non-hydrogen) atoms. The minimum atomic E-state index is -1.83. The fourth-order valence-electron chi connectivity index (χ4n) is 2.26. The molecule has 0 saturated carbocycles. The van der Waals surface area contributed by atoms with Crippen molar-refractivity contribution in [2.24, 2.45) is 5.73 Å². The van der Waals surface area contributed by atoms with Gasteiger partial charge in [-0.2, -0.15) is 0 Å². The second kappa shape index (κ2) is 11.0. The third kappa shape index (κ3) is 5.80. The first-order valence-electron chi connectivity index (χ1n) is 8.08. The molecule has 8 nitrogen and oxygen atoms in total. The van der Waals surface area contributed by atoms with Crippen LogP contribution >= 0.6 is 31.9 Å². The zero-order chi connectivity index (χ0) is 21.4. The number of hydrogen-bond donors (Lipinski definition) is 5. The molecule has 0 aliphatic heterocycles. The SMILES string of the molecule is NC(CO)(CO)c1cccc(Br)c1.O=[N+]([O-])C(CO)(CO)c1cccc(Br)c1. The summed E-state index contributed by atoms with van der Waals surface area (Å²) in [7, 11) is 0. The van der Waals surface area contributed by atoms with E-state index < -0.39 is 29.2 Å². The van der Waals surface area contributed by atoms with Crippen molar-refractivity contribution < 1.29 is 25.3 Å². The number of nitrogens with two attached hydrogens (primary N) is 1. The number of hydrogen-bond acceptors (Lipinski definition) is 7. The van der Waals surface area contributed by atoms with E-state index >= 15 is 0 Å². The molecule has 154 valence electrons. The summed E-state index contributed by atoms with van der Waals surface area (Å²) in [5.41, 5.74) is 3.87. The molecule has 2 aromatic rings. The molecule has 0 heterocycles. The molecule has 0 bridgehead atoms. The molecule has 0 aliphatic rings. The van der Waals surface area contributed by atoms with Crippen LogP contribution in [0.25, 0.3) is 0 Å². The highest BCUT2D eigenvalue weighted by Crippen LogP contribution is 2.26. The molecule has 0 aromatic heterocycles. The Balaban J connectivity index is 0.000000283. The maximum atomic E-state index is 10.9. The summed E-state index contributed by atoms with van der Waals surface area (Å²) < 4.78 is 1.54. The monoisotopic (exact) mass is 520 g/mol. The lowest BCUT2D eigenvalue weighted by Crippen LogP contribution is -2.44. The lowest BCUT2D eigenvalue weighted by Gasteiger charge is -2.25. The van der Waals surface area contributed by atoms with E-state index in [1.807, 2.05) is 12.1 Å². The van der Waals surface area contributed by atoms with E-state index in [4.69, 9.17) is 26.2 Å². The number of nitrogens with zero attached hydrogens (tertiary/aromatic N) is 1. The molecule has 0 aliphatic carbocycles. The lowest BCUT2D eigenvalue weighted by atomic mass is 9.92. The van der Waals surface area contributed by atoms with Gasteiger partial charge >= 0.3 is 0 Å². The van der Waals surface area contributed by atoms with E-state index in [1.165, 1.54) is 12.1 Å². The molecule has 2 aromatic carbocycles. The molecule has 0 unspecified atom stereocenters. The first kappa shape index (κ1) is 24.6. The Morgan fingerprint density at radius 1 is 0.857 bits per heavy atom. The van der Waals surface area contributed by atoms with Crippen molar-refractivity contribution in [3.63, 3.8) is 0 Å². The van der Waals surface area contributed by atoms with Gasteiger partial charge in [-0.3, -0.25) is 10.1 Å². The third-order valence-electron chi connectivity index (χ3n) is 4.20. The predicted octanol–water partition coefficient (Wildman–Crippen LogP) is 1.49. The summed E-state index contributed by atoms with van der Waals surface area (Å²) in [5.74, 6) is 0. The molecule has 10 heteroatoms. The van der Waals surface area contributed by atoms with Gasteiger partial charge in [-0.1, -0.05) is 56.1 Å². The van der Waals surface area contributed by atoms with Crippen LogP contribution < -0.4 is 5.73 Å².